The number of ether oxygens (including phenoxy) is 2. The van der Waals surface area contributed by atoms with E-state index in [2.05, 4.69) is 14.2 Å². The molecular weight excluding hydrogens is 356 g/mol. The average molecular weight is 376 g/mol. The normalized spacial score (nSPS) is 20.2. The number of nitro groups is 1. The molecule has 0 bridgehead atoms. The van der Waals surface area contributed by atoms with E-state index in [1.165, 1.54) is 11.5 Å². The van der Waals surface area contributed by atoms with Gasteiger partial charge in [-0.15, -0.1) is 0 Å². The monoisotopic (exact) mass is 376 g/mol. The number of piperazine rings is 1. The molecule has 26 heavy (non-hydrogen) atoms. The molecule has 4 rings (SSSR count). The topological polar surface area (TPSA) is 81.0 Å². The highest BCUT2D eigenvalue weighted by atomic mass is 32.1. The number of hydrogen-bond donors (Lipinski definition) is 0. The standard InChI is InChI=1S/C17H20N4O4S/c1-12-16(21(22)23)17(26-18-12)20-8-6-19(7-9-20)10-13-11-24-14-4-2-3-5-15(14)25-13/h2-5,13H,6-11H2,1H3/t13-/m0/s1. The van der Waals surface area contributed by atoms with Gasteiger partial charge in [-0.1, -0.05) is 12.1 Å². The first-order valence-corrected chi connectivity index (χ1v) is 9.35. The zero-order valence-electron chi connectivity index (χ0n) is 14.5. The lowest BCUT2D eigenvalue weighted by Gasteiger charge is -2.37. The Kier molecular flexibility index (Phi) is 4.64. The van der Waals surface area contributed by atoms with Crippen molar-refractivity contribution in [1.29, 1.82) is 0 Å². The van der Waals surface area contributed by atoms with E-state index in [4.69, 9.17) is 9.47 Å². The van der Waals surface area contributed by atoms with Gasteiger partial charge in [-0.3, -0.25) is 15.0 Å². The van der Waals surface area contributed by atoms with Crippen LogP contribution in [0, 0.1) is 17.0 Å². The molecule has 1 atom stereocenters. The Labute approximate surface area is 155 Å². The molecule has 0 N–H and O–H groups in total. The van der Waals surface area contributed by atoms with Gasteiger partial charge in [0.05, 0.1) is 4.92 Å². The Hall–Kier alpha value is -2.39. The van der Waals surface area contributed by atoms with E-state index in [-0.39, 0.29) is 16.7 Å². The van der Waals surface area contributed by atoms with Gasteiger partial charge in [0.25, 0.3) is 0 Å². The van der Waals surface area contributed by atoms with E-state index >= 15 is 0 Å². The molecular formula is C17H20N4O4S. The molecule has 0 unspecified atom stereocenters. The van der Waals surface area contributed by atoms with Crippen LogP contribution in [0.25, 0.3) is 0 Å². The second kappa shape index (κ2) is 7.08. The lowest BCUT2D eigenvalue weighted by molar-refractivity contribution is -0.384. The number of aromatic nitrogens is 1. The SMILES string of the molecule is Cc1nsc(N2CCN(C[C@H]3COc4ccccc4O3)CC2)c1[N+](=O)[O-]. The number of rotatable bonds is 4. The van der Waals surface area contributed by atoms with Crippen molar-refractivity contribution < 1.29 is 14.4 Å². The van der Waals surface area contributed by atoms with Gasteiger partial charge >= 0.3 is 5.69 Å². The predicted molar refractivity (Wildman–Crippen MR) is 98.5 cm³/mol. The van der Waals surface area contributed by atoms with Crippen LogP contribution in [-0.2, 0) is 0 Å². The summed E-state index contributed by atoms with van der Waals surface area (Å²) in [5.74, 6) is 1.58. The maximum atomic E-state index is 11.3. The second-order valence-electron chi connectivity index (χ2n) is 6.46. The van der Waals surface area contributed by atoms with Gasteiger partial charge in [0, 0.05) is 32.7 Å². The molecule has 0 amide bonds. The Balaban J connectivity index is 1.34. The van der Waals surface area contributed by atoms with Crippen LogP contribution in [0.1, 0.15) is 5.69 Å². The Morgan fingerprint density at radius 3 is 2.73 bits per heavy atom. The highest BCUT2D eigenvalue weighted by molar-refractivity contribution is 7.11. The molecule has 138 valence electrons. The van der Waals surface area contributed by atoms with E-state index < -0.39 is 0 Å². The summed E-state index contributed by atoms with van der Waals surface area (Å²) < 4.78 is 15.9. The number of nitrogens with zero attached hydrogens (tertiary/aromatic N) is 4. The van der Waals surface area contributed by atoms with Crippen molar-refractivity contribution in [2.24, 2.45) is 0 Å². The van der Waals surface area contributed by atoms with Crippen molar-refractivity contribution in [3.8, 4) is 11.5 Å². The van der Waals surface area contributed by atoms with Gasteiger partial charge in [0.1, 0.15) is 18.4 Å². The molecule has 1 aromatic carbocycles. The largest absolute Gasteiger partial charge is 0.486 e. The minimum absolute atomic E-state index is 0.00330. The third kappa shape index (κ3) is 3.32. The van der Waals surface area contributed by atoms with Crippen molar-refractivity contribution >= 4 is 22.2 Å². The number of hydrogen-bond acceptors (Lipinski definition) is 8. The van der Waals surface area contributed by atoms with Crippen molar-refractivity contribution in [3.63, 3.8) is 0 Å². The molecule has 1 fully saturated rings. The summed E-state index contributed by atoms with van der Waals surface area (Å²) >= 11 is 1.21. The number of para-hydroxylation sites is 2. The first-order valence-electron chi connectivity index (χ1n) is 8.58. The van der Waals surface area contributed by atoms with Crippen LogP contribution in [0.4, 0.5) is 10.7 Å². The highest BCUT2D eigenvalue weighted by Crippen LogP contribution is 2.36. The summed E-state index contributed by atoms with van der Waals surface area (Å²) in [5, 5.41) is 11.9. The van der Waals surface area contributed by atoms with Crippen molar-refractivity contribution in [3.05, 3.63) is 40.1 Å². The van der Waals surface area contributed by atoms with E-state index in [0.717, 1.165) is 44.2 Å². The van der Waals surface area contributed by atoms with Crippen LogP contribution in [-0.4, -0.2) is 59.6 Å². The Bertz CT molecular complexity index is 804. The molecule has 1 aromatic heterocycles. The van der Waals surface area contributed by atoms with E-state index in [1.54, 1.807) is 6.92 Å². The fourth-order valence-electron chi connectivity index (χ4n) is 3.35. The number of anilines is 1. The molecule has 0 aliphatic carbocycles. The van der Waals surface area contributed by atoms with Gasteiger partial charge in [0.2, 0.25) is 0 Å². The summed E-state index contributed by atoms with van der Waals surface area (Å²) in [6.07, 6.45) is -0.00330. The van der Waals surface area contributed by atoms with Crippen LogP contribution in [0.2, 0.25) is 0 Å². The molecule has 1 saturated heterocycles. The van der Waals surface area contributed by atoms with Crippen LogP contribution in [0.3, 0.4) is 0 Å². The fourth-order valence-corrected chi connectivity index (χ4v) is 4.26. The van der Waals surface area contributed by atoms with Gasteiger partial charge in [-0.25, -0.2) is 0 Å². The number of aryl methyl sites for hydroxylation is 1. The van der Waals surface area contributed by atoms with Crippen molar-refractivity contribution in [1.82, 2.24) is 9.27 Å². The molecule has 2 aromatic rings. The zero-order valence-corrected chi connectivity index (χ0v) is 15.3. The third-order valence-electron chi connectivity index (χ3n) is 4.69. The summed E-state index contributed by atoms with van der Waals surface area (Å²) in [5.41, 5.74) is 0.632. The smallest absolute Gasteiger partial charge is 0.326 e. The predicted octanol–water partition coefficient (Wildman–Crippen LogP) is 2.32. The third-order valence-corrected chi connectivity index (χ3v) is 5.68. The van der Waals surface area contributed by atoms with Crippen LogP contribution in [0.15, 0.2) is 24.3 Å². The molecule has 0 radical (unpaired) electrons. The lowest BCUT2D eigenvalue weighted by Crippen LogP contribution is -2.50. The summed E-state index contributed by atoms with van der Waals surface area (Å²) in [6, 6.07) is 7.70. The Morgan fingerprint density at radius 2 is 2.00 bits per heavy atom. The molecule has 9 heteroatoms. The van der Waals surface area contributed by atoms with Crippen LogP contribution in [0.5, 0.6) is 11.5 Å². The minimum atomic E-state index is -0.328. The zero-order chi connectivity index (χ0) is 18.1. The minimum Gasteiger partial charge on any atom is -0.486 e. The van der Waals surface area contributed by atoms with Gasteiger partial charge in [0.15, 0.2) is 16.5 Å². The van der Waals surface area contributed by atoms with E-state index in [0.29, 0.717) is 17.3 Å². The van der Waals surface area contributed by atoms with Gasteiger partial charge < -0.3 is 14.4 Å². The maximum absolute atomic E-state index is 11.3. The summed E-state index contributed by atoms with van der Waals surface area (Å²) in [7, 11) is 0. The van der Waals surface area contributed by atoms with E-state index in [9.17, 15) is 10.1 Å². The molecule has 0 spiro atoms. The molecule has 0 saturated carbocycles. The first-order chi connectivity index (χ1) is 12.6. The van der Waals surface area contributed by atoms with Crippen molar-refractivity contribution in [2.45, 2.75) is 13.0 Å². The first kappa shape index (κ1) is 17.0. The summed E-state index contributed by atoms with van der Waals surface area (Å²) in [4.78, 5) is 15.3. The molecule has 2 aliphatic heterocycles. The van der Waals surface area contributed by atoms with Gasteiger partial charge in [-0.2, -0.15) is 4.37 Å². The highest BCUT2D eigenvalue weighted by Gasteiger charge is 2.30. The van der Waals surface area contributed by atoms with Gasteiger partial charge in [-0.05, 0) is 30.6 Å². The lowest BCUT2D eigenvalue weighted by atomic mass is 10.2. The van der Waals surface area contributed by atoms with E-state index in [1.807, 2.05) is 24.3 Å². The number of fused-ring (bicyclic) bond motifs is 1. The fraction of sp³-hybridized carbons (Fsp3) is 0.471. The Morgan fingerprint density at radius 1 is 1.27 bits per heavy atom. The van der Waals surface area contributed by atoms with Crippen molar-refractivity contribution in [2.75, 3.05) is 44.2 Å². The molecule has 2 aliphatic rings. The number of benzene rings is 1. The van der Waals surface area contributed by atoms with Crippen LogP contribution < -0.4 is 14.4 Å². The van der Waals surface area contributed by atoms with Crippen LogP contribution >= 0.6 is 11.5 Å². The quantitative estimate of drug-likeness (QED) is 0.598. The molecule has 8 nitrogen and oxygen atoms in total. The summed E-state index contributed by atoms with van der Waals surface area (Å²) in [6.45, 7) is 6.15. The second-order valence-corrected chi connectivity index (χ2v) is 7.22. The molecule has 3 heterocycles. The average Bonchev–Trinajstić information content (AvgIpc) is 3.04. The maximum Gasteiger partial charge on any atom is 0.326 e.